The fourth-order valence-electron chi connectivity index (χ4n) is 2.05. The number of hydrogen-bond acceptors (Lipinski definition) is 4. The second-order valence-electron chi connectivity index (χ2n) is 6.27. The van der Waals surface area contributed by atoms with Crippen LogP contribution in [0.2, 0.25) is 0 Å². The van der Waals surface area contributed by atoms with Gasteiger partial charge in [-0.2, -0.15) is 11.8 Å². The smallest absolute Gasteiger partial charge is 0.237 e. The molecule has 0 fully saturated rings. The van der Waals surface area contributed by atoms with Crippen LogP contribution in [0.25, 0.3) is 0 Å². The van der Waals surface area contributed by atoms with Crippen molar-refractivity contribution >= 4 is 30.1 Å². The van der Waals surface area contributed by atoms with Crippen LogP contribution >= 0.6 is 24.2 Å². The molecule has 0 aromatic heterocycles. The molecule has 6 heteroatoms. The summed E-state index contributed by atoms with van der Waals surface area (Å²) in [6, 6.07) is 7.58. The number of hydrogen-bond donors (Lipinski definition) is 2. The number of carbonyl (C=O) groups excluding carboxylic acids is 1. The third kappa shape index (κ3) is 7.95. The molecule has 0 unspecified atom stereocenters. The first-order valence-electron chi connectivity index (χ1n) is 7.61. The number of nitrogens with one attached hydrogen (secondary N) is 1. The minimum absolute atomic E-state index is 0. The molecule has 0 aliphatic carbocycles. The maximum atomic E-state index is 11.8. The minimum Gasteiger partial charge on any atom is -0.491 e. The van der Waals surface area contributed by atoms with Crippen LogP contribution in [0, 0.1) is 0 Å². The van der Waals surface area contributed by atoms with E-state index < -0.39 is 6.04 Å². The lowest BCUT2D eigenvalue weighted by atomic mass is 9.86. The second-order valence-corrected chi connectivity index (χ2v) is 7.26. The van der Waals surface area contributed by atoms with E-state index in [0.29, 0.717) is 19.6 Å². The van der Waals surface area contributed by atoms with Gasteiger partial charge in [-0.1, -0.05) is 39.0 Å². The van der Waals surface area contributed by atoms with Gasteiger partial charge in [-0.3, -0.25) is 4.79 Å². The summed E-state index contributed by atoms with van der Waals surface area (Å²) in [4.78, 5) is 11.8. The van der Waals surface area contributed by atoms with Gasteiger partial charge in [0.1, 0.15) is 12.4 Å². The summed E-state index contributed by atoms with van der Waals surface area (Å²) in [6.07, 6.45) is 2.70. The Labute approximate surface area is 150 Å². The van der Waals surface area contributed by atoms with Gasteiger partial charge >= 0.3 is 0 Å². The second kappa shape index (κ2) is 10.8. The summed E-state index contributed by atoms with van der Waals surface area (Å²) in [5, 5.41) is 2.82. The first kappa shape index (κ1) is 22.1. The van der Waals surface area contributed by atoms with Crippen LogP contribution in [0.5, 0.6) is 5.75 Å². The van der Waals surface area contributed by atoms with Crippen LogP contribution in [0.4, 0.5) is 0 Å². The largest absolute Gasteiger partial charge is 0.491 e. The zero-order valence-electron chi connectivity index (χ0n) is 14.4. The fourth-order valence-corrected chi connectivity index (χ4v) is 2.54. The molecule has 23 heavy (non-hydrogen) atoms. The van der Waals surface area contributed by atoms with Gasteiger partial charge in [-0.15, -0.1) is 12.4 Å². The zero-order chi connectivity index (χ0) is 16.6. The first-order valence-corrected chi connectivity index (χ1v) is 9.00. The lowest BCUT2D eigenvalue weighted by molar-refractivity contribution is -0.122. The van der Waals surface area contributed by atoms with E-state index in [0.717, 1.165) is 17.1 Å². The van der Waals surface area contributed by atoms with Gasteiger partial charge in [0.15, 0.2) is 0 Å². The molecular weight excluding hydrogens is 332 g/mol. The monoisotopic (exact) mass is 360 g/mol. The Morgan fingerprint density at radius 3 is 2.61 bits per heavy atom. The number of amides is 1. The van der Waals surface area contributed by atoms with Crippen LogP contribution in [0.3, 0.4) is 0 Å². The summed E-state index contributed by atoms with van der Waals surface area (Å²) in [5.74, 6) is 1.65. The van der Waals surface area contributed by atoms with E-state index in [1.165, 1.54) is 0 Å². The predicted octanol–water partition coefficient (Wildman–Crippen LogP) is 2.98. The standard InChI is InChI=1S/C17H28N2O2S.ClH/c1-17(2,3)13-7-5-6-8-15(13)21-11-10-19-16(20)14(18)9-12-22-4;/h5-8,14H,9-12,18H2,1-4H3,(H,19,20);1H/t14-;/m0./s1. The molecular formula is C17H29ClN2O2S. The number of thioether (sulfide) groups is 1. The molecule has 1 aromatic rings. The summed E-state index contributed by atoms with van der Waals surface area (Å²) in [7, 11) is 0. The summed E-state index contributed by atoms with van der Waals surface area (Å²) >= 11 is 1.69. The van der Waals surface area contributed by atoms with E-state index in [1.807, 2.05) is 24.5 Å². The van der Waals surface area contributed by atoms with Crippen LogP contribution in [-0.4, -0.2) is 37.1 Å². The number of para-hydroxylation sites is 1. The van der Waals surface area contributed by atoms with Gasteiger partial charge in [-0.25, -0.2) is 0 Å². The molecule has 1 amide bonds. The molecule has 0 saturated carbocycles. The molecule has 0 radical (unpaired) electrons. The highest BCUT2D eigenvalue weighted by Gasteiger charge is 2.18. The van der Waals surface area contributed by atoms with Crippen LogP contribution in [-0.2, 0) is 10.2 Å². The maximum Gasteiger partial charge on any atom is 0.237 e. The van der Waals surface area contributed by atoms with Crippen molar-refractivity contribution in [2.45, 2.75) is 38.6 Å². The molecule has 0 spiro atoms. The molecule has 0 aliphatic rings. The van der Waals surface area contributed by atoms with E-state index in [-0.39, 0.29) is 23.7 Å². The highest BCUT2D eigenvalue weighted by Crippen LogP contribution is 2.30. The van der Waals surface area contributed by atoms with Gasteiger partial charge in [0.25, 0.3) is 0 Å². The Morgan fingerprint density at radius 1 is 1.35 bits per heavy atom. The van der Waals surface area contributed by atoms with E-state index in [4.69, 9.17) is 10.5 Å². The zero-order valence-corrected chi connectivity index (χ0v) is 16.1. The predicted molar refractivity (Wildman–Crippen MR) is 102 cm³/mol. The van der Waals surface area contributed by atoms with Gasteiger partial charge in [0.2, 0.25) is 5.91 Å². The third-order valence-electron chi connectivity index (χ3n) is 3.32. The van der Waals surface area contributed by atoms with Crippen molar-refractivity contribution in [3.63, 3.8) is 0 Å². The SMILES string of the molecule is CSCC[C@H](N)C(=O)NCCOc1ccccc1C(C)(C)C.Cl. The topological polar surface area (TPSA) is 64.4 Å². The molecule has 1 atom stereocenters. The highest BCUT2D eigenvalue weighted by atomic mass is 35.5. The molecule has 0 aliphatic heterocycles. The van der Waals surface area contributed by atoms with Crippen molar-refractivity contribution in [2.24, 2.45) is 5.73 Å². The first-order chi connectivity index (χ1) is 10.4. The van der Waals surface area contributed by atoms with Crippen molar-refractivity contribution in [3.05, 3.63) is 29.8 Å². The molecule has 1 rings (SSSR count). The van der Waals surface area contributed by atoms with Gasteiger partial charge in [0, 0.05) is 0 Å². The molecule has 0 bridgehead atoms. The van der Waals surface area contributed by atoms with Gasteiger partial charge in [0.05, 0.1) is 12.6 Å². The number of rotatable bonds is 8. The third-order valence-corrected chi connectivity index (χ3v) is 3.97. The molecule has 3 N–H and O–H groups in total. The van der Waals surface area contributed by atoms with Gasteiger partial charge in [-0.05, 0) is 35.5 Å². The van der Waals surface area contributed by atoms with E-state index in [2.05, 4.69) is 32.2 Å². The molecule has 0 heterocycles. The highest BCUT2D eigenvalue weighted by molar-refractivity contribution is 7.98. The van der Waals surface area contributed by atoms with E-state index in [1.54, 1.807) is 11.8 Å². The molecule has 132 valence electrons. The maximum absolute atomic E-state index is 11.8. The summed E-state index contributed by atoms with van der Waals surface area (Å²) < 4.78 is 5.82. The quantitative estimate of drug-likeness (QED) is 0.699. The number of nitrogens with two attached hydrogens (primary N) is 1. The Kier molecular flexibility index (Phi) is 10.4. The molecule has 0 saturated heterocycles. The van der Waals surface area contributed by atoms with Crippen LogP contribution in [0.1, 0.15) is 32.8 Å². The van der Waals surface area contributed by atoms with Gasteiger partial charge < -0.3 is 15.8 Å². The number of halogens is 1. The molecule has 1 aromatic carbocycles. The lowest BCUT2D eigenvalue weighted by Crippen LogP contribution is -2.42. The summed E-state index contributed by atoms with van der Waals surface area (Å²) in [5.41, 5.74) is 7.00. The van der Waals surface area contributed by atoms with Crippen molar-refractivity contribution in [2.75, 3.05) is 25.2 Å². The Balaban J connectivity index is 0.00000484. The Bertz CT molecular complexity index is 478. The van der Waals surface area contributed by atoms with E-state index >= 15 is 0 Å². The van der Waals surface area contributed by atoms with Crippen LogP contribution in [0.15, 0.2) is 24.3 Å². The number of carbonyl (C=O) groups is 1. The minimum atomic E-state index is -0.436. The lowest BCUT2D eigenvalue weighted by Gasteiger charge is -2.22. The Hall–Kier alpha value is -0.910. The number of ether oxygens (including phenoxy) is 1. The normalized spacial score (nSPS) is 12.2. The number of benzene rings is 1. The van der Waals surface area contributed by atoms with Crippen molar-refractivity contribution in [3.8, 4) is 5.75 Å². The summed E-state index contributed by atoms with van der Waals surface area (Å²) in [6.45, 7) is 7.36. The fraction of sp³-hybridized carbons (Fsp3) is 0.588. The van der Waals surface area contributed by atoms with E-state index in [9.17, 15) is 4.79 Å². The van der Waals surface area contributed by atoms with Crippen LogP contribution < -0.4 is 15.8 Å². The Morgan fingerprint density at radius 2 is 2.00 bits per heavy atom. The molecule has 4 nitrogen and oxygen atoms in total. The average Bonchev–Trinajstić information content (AvgIpc) is 2.48. The van der Waals surface area contributed by atoms with Crippen molar-refractivity contribution in [1.82, 2.24) is 5.32 Å². The van der Waals surface area contributed by atoms with Crippen molar-refractivity contribution in [1.29, 1.82) is 0 Å². The average molecular weight is 361 g/mol. The van der Waals surface area contributed by atoms with Crippen molar-refractivity contribution < 1.29 is 9.53 Å².